The molecule has 3 aromatic carbocycles. The standard InChI is InChI=1S/C31H28FN3O4S2/c1-3-4-17-39-24-15-11-22(12-16-24)27(36)25-26(21-9-13-23(32)14-10-21)35(29(38)28(25)37)30-33-34-31(41-30)40-18-20-7-5-19(2)6-8-20/h5-16,26,36H,3-4,17-18H2,1-2H3/t26-/m0/s1. The molecule has 0 spiro atoms. The van der Waals surface area contributed by atoms with Crippen LogP contribution in [-0.4, -0.2) is 33.6 Å². The van der Waals surface area contributed by atoms with E-state index >= 15 is 0 Å². The van der Waals surface area contributed by atoms with Crippen LogP contribution in [0.5, 0.6) is 5.75 Å². The highest BCUT2D eigenvalue weighted by Gasteiger charge is 2.48. The third kappa shape index (κ3) is 6.34. The van der Waals surface area contributed by atoms with E-state index in [1.807, 2.05) is 31.2 Å². The fourth-order valence-electron chi connectivity index (χ4n) is 4.38. The molecule has 210 valence electrons. The second-order valence-electron chi connectivity index (χ2n) is 9.57. The van der Waals surface area contributed by atoms with E-state index in [0.29, 0.717) is 33.6 Å². The first kappa shape index (κ1) is 28.5. The zero-order chi connectivity index (χ0) is 28.9. The molecule has 0 aliphatic carbocycles. The minimum Gasteiger partial charge on any atom is -0.507 e. The lowest BCUT2D eigenvalue weighted by molar-refractivity contribution is -0.132. The van der Waals surface area contributed by atoms with E-state index in [2.05, 4.69) is 17.1 Å². The van der Waals surface area contributed by atoms with Crippen LogP contribution in [0.2, 0.25) is 0 Å². The number of rotatable bonds is 10. The van der Waals surface area contributed by atoms with Gasteiger partial charge in [0.2, 0.25) is 5.13 Å². The van der Waals surface area contributed by atoms with Gasteiger partial charge in [-0.2, -0.15) is 0 Å². The first-order valence-corrected chi connectivity index (χ1v) is 15.0. The molecule has 1 aromatic heterocycles. The second-order valence-corrected chi connectivity index (χ2v) is 11.8. The molecule has 1 amide bonds. The van der Waals surface area contributed by atoms with E-state index in [1.165, 1.54) is 57.8 Å². The normalized spacial score (nSPS) is 16.4. The highest BCUT2D eigenvalue weighted by Crippen LogP contribution is 2.44. The van der Waals surface area contributed by atoms with Gasteiger partial charge in [0.05, 0.1) is 18.2 Å². The Morgan fingerprint density at radius 3 is 2.41 bits per heavy atom. The lowest BCUT2D eigenvalue weighted by Crippen LogP contribution is -2.29. The van der Waals surface area contributed by atoms with E-state index in [-0.39, 0.29) is 16.5 Å². The van der Waals surface area contributed by atoms with Gasteiger partial charge in [-0.15, -0.1) is 10.2 Å². The smallest absolute Gasteiger partial charge is 0.301 e. The van der Waals surface area contributed by atoms with Gasteiger partial charge in [-0.25, -0.2) is 4.39 Å². The van der Waals surface area contributed by atoms with Crippen LogP contribution in [0.4, 0.5) is 9.52 Å². The van der Waals surface area contributed by atoms with Crippen LogP contribution in [0.25, 0.3) is 5.76 Å². The number of carbonyl (C=O) groups excluding carboxylic acids is 2. The zero-order valence-electron chi connectivity index (χ0n) is 22.5. The minimum absolute atomic E-state index is 0.106. The number of nitrogens with zero attached hydrogens (tertiary/aromatic N) is 3. The Labute approximate surface area is 245 Å². The number of anilines is 1. The number of halogens is 1. The Bertz CT molecular complexity index is 1570. The van der Waals surface area contributed by atoms with Crippen LogP contribution in [0.15, 0.2) is 82.7 Å². The van der Waals surface area contributed by atoms with Crippen molar-refractivity contribution in [2.45, 2.75) is 42.8 Å². The highest BCUT2D eigenvalue weighted by molar-refractivity contribution is 8.00. The van der Waals surface area contributed by atoms with E-state index in [4.69, 9.17) is 4.74 Å². The van der Waals surface area contributed by atoms with Crippen LogP contribution in [-0.2, 0) is 15.3 Å². The average Bonchev–Trinajstić information content (AvgIpc) is 3.55. The molecule has 7 nitrogen and oxygen atoms in total. The van der Waals surface area contributed by atoms with E-state index in [0.717, 1.165) is 18.4 Å². The van der Waals surface area contributed by atoms with Crippen molar-refractivity contribution in [3.8, 4) is 5.75 Å². The van der Waals surface area contributed by atoms with Gasteiger partial charge in [-0.3, -0.25) is 14.5 Å². The topological polar surface area (TPSA) is 92.6 Å². The number of Topliss-reactive ketones (excluding diaryl/α,β-unsaturated/α-hetero) is 1. The molecule has 0 unspecified atom stereocenters. The summed E-state index contributed by atoms with van der Waals surface area (Å²) in [6.07, 6.45) is 1.92. The number of aromatic nitrogens is 2. The maximum absolute atomic E-state index is 13.8. The molecule has 1 aliphatic heterocycles. The number of ketones is 1. The zero-order valence-corrected chi connectivity index (χ0v) is 24.2. The first-order valence-electron chi connectivity index (χ1n) is 13.2. The number of aliphatic hydroxyl groups is 1. The number of ether oxygens (including phenoxy) is 1. The first-order chi connectivity index (χ1) is 19.9. The van der Waals surface area contributed by atoms with Crippen molar-refractivity contribution < 1.29 is 23.8 Å². The van der Waals surface area contributed by atoms with Gasteiger partial charge in [0, 0.05) is 11.3 Å². The highest BCUT2D eigenvalue weighted by atomic mass is 32.2. The molecular formula is C31H28FN3O4S2. The number of hydrogen-bond acceptors (Lipinski definition) is 8. The summed E-state index contributed by atoms with van der Waals surface area (Å²) in [6, 6.07) is 19.3. The largest absolute Gasteiger partial charge is 0.507 e. The van der Waals surface area contributed by atoms with Gasteiger partial charge < -0.3 is 9.84 Å². The Hall–Kier alpha value is -4.02. The molecule has 1 saturated heterocycles. The summed E-state index contributed by atoms with van der Waals surface area (Å²) in [5.74, 6) is -1.20. The summed E-state index contributed by atoms with van der Waals surface area (Å²) in [5, 5.41) is 20.0. The van der Waals surface area contributed by atoms with Crippen LogP contribution in [0.1, 0.15) is 48.1 Å². The molecule has 1 N–H and O–H groups in total. The summed E-state index contributed by atoms with van der Waals surface area (Å²) in [7, 11) is 0. The third-order valence-electron chi connectivity index (χ3n) is 6.61. The minimum atomic E-state index is -1.01. The molecule has 10 heteroatoms. The Morgan fingerprint density at radius 2 is 1.73 bits per heavy atom. The Balaban J connectivity index is 1.47. The maximum atomic E-state index is 13.8. The van der Waals surface area contributed by atoms with Crippen molar-refractivity contribution in [2.75, 3.05) is 11.5 Å². The van der Waals surface area contributed by atoms with Gasteiger partial charge in [0.15, 0.2) is 4.34 Å². The second kappa shape index (κ2) is 12.7. The van der Waals surface area contributed by atoms with Crippen LogP contribution >= 0.6 is 23.1 Å². The lowest BCUT2D eigenvalue weighted by atomic mass is 9.95. The molecule has 5 rings (SSSR count). The van der Waals surface area contributed by atoms with Crippen molar-refractivity contribution in [3.63, 3.8) is 0 Å². The predicted molar refractivity (Wildman–Crippen MR) is 159 cm³/mol. The number of carbonyl (C=O) groups is 2. The van der Waals surface area contributed by atoms with Gasteiger partial charge in [-0.1, -0.05) is 78.4 Å². The Kier molecular flexibility index (Phi) is 8.80. The summed E-state index contributed by atoms with van der Waals surface area (Å²) in [5.41, 5.74) is 2.99. The molecule has 1 atom stereocenters. The number of amides is 1. The van der Waals surface area contributed by atoms with Crippen molar-refractivity contribution >= 4 is 45.7 Å². The van der Waals surface area contributed by atoms with Crippen molar-refractivity contribution in [1.29, 1.82) is 0 Å². The summed E-state index contributed by atoms with van der Waals surface area (Å²) in [4.78, 5) is 28.0. The number of aliphatic hydroxyl groups excluding tert-OH is 1. The third-order valence-corrected chi connectivity index (χ3v) is 8.74. The Morgan fingerprint density at radius 1 is 1.02 bits per heavy atom. The van der Waals surface area contributed by atoms with Crippen molar-refractivity contribution in [3.05, 3.63) is 106 Å². The average molecular weight is 590 g/mol. The molecule has 2 heterocycles. The SMILES string of the molecule is CCCCOc1ccc(C(O)=C2C(=O)C(=O)N(c3nnc(SCc4ccc(C)cc4)s3)[C@H]2c2ccc(F)cc2)cc1. The van der Waals surface area contributed by atoms with Crippen molar-refractivity contribution in [1.82, 2.24) is 10.2 Å². The van der Waals surface area contributed by atoms with Crippen LogP contribution in [0, 0.1) is 12.7 Å². The van der Waals surface area contributed by atoms with Crippen LogP contribution < -0.4 is 9.64 Å². The summed E-state index contributed by atoms with van der Waals surface area (Å²) in [6.45, 7) is 4.67. The number of hydrogen-bond donors (Lipinski definition) is 1. The quantitative estimate of drug-likeness (QED) is 0.0528. The van der Waals surface area contributed by atoms with Crippen LogP contribution in [0.3, 0.4) is 0 Å². The molecule has 0 saturated carbocycles. The van der Waals surface area contributed by atoms with E-state index < -0.39 is 23.5 Å². The molecular weight excluding hydrogens is 561 g/mol. The maximum Gasteiger partial charge on any atom is 0.301 e. The molecule has 1 fully saturated rings. The van der Waals surface area contributed by atoms with E-state index in [9.17, 15) is 19.1 Å². The fourth-order valence-corrected chi connectivity index (χ4v) is 6.20. The van der Waals surface area contributed by atoms with Gasteiger partial charge in [-0.05, 0) is 60.9 Å². The summed E-state index contributed by atoms with van der Waals surface area (Å²) >= 11 is 2.65. The molecule has 1 aliphatic rings. The van der Waals surface area contributed by atoms with Gasteiger partial charge in [0.1, 0.15) is 17.3 Å². The van der Waals surface area contributed by atoms with E-state index in [1.54, 1.807) is 24.3 Å². The summed E-state index contributed by atoms with van der Waals surface area (Å²) < 4.78 is 20.1. The molecule has 0 bridgehead atoms. The predicted octanol–water partition coefficient (Wildman–Crippen LogP) is 7.08. The monoisotopic (exact) mass is 589 g/mol. The van der Waals surface area contributed by atoms with Gasteiger partial charge >= 0.3 is 5.91 Å². The number of benzene rings is 3. The van der Waals surface area contributed by atoms with Gasteiger partial charge in [0.25, 0.3) is 5.78 Å². The number of aryl methyl sites for hydroxylation is 1. The fraction of sp³-hybridized carbons (Fsp3) is 0.226. The molecule has 4 aromatic rings. The lowest BCUT2D eigenvalue weighted by Gasteiger charge is -2.22. The number of unbranched alkanes of at least 4 members (excludes halogenated alkanes) is 1. The number of thioether (sulfide) groups is 1. The molecule has 41 heavy (non-hydrogen) atoms. The molecule has 0 radical (unpaired) electrons. The van der Waals surface area contributed by atoms with Crippen molar-refractivity contribution in [2.24, 2.45) is 0 Å².